The summed E-state index contributed by atoms with van der Waals surface area (Å²) < 4.78 is 16.3. The second-order valence-electron chi connectivity index (χ2n) is 7.92. The summed E-state index contributed by atoms with van der Waals surface area (Å²) in [6.45, 7) is 4.68. The van der Waals surface area contributed by atoms with Gasteiger partial charge in [0.1, 0.15) is 18.0 Å². The van der Waals surface area contributed by atoms with Gasteiger partial charge in [0.2, 0.25) is 0 Å². The number of hydrogen-bond donors (Lipinski definition) is 0. The van der Waals surface area contributed by atoms with Gasteiger partial charge in [0.05, 0.1) is 25.9 Å². The standard InChI is InChI=1S/C28H32N2O5/c1-4-21-10-13-23(29-18-21)16-17-35-24-14-11-22(12-15-24)19-30(20-27(31)34-5-2)28(32)25-8-6-7-9-26(25)33-3/h6-15,18H,4-5,16-17,19-20H2,1-3H3. The molecule has 0 aliphatic rings. The number of carbonyl (C=O) groups is 2. The first-order valence-corrected chi connectivity index (χ1v) is 11.8. The maximum atomic E-state index is 13.3. The quantitative estimate of drug-likeness (QED) is 0.359. The smallest absolute Gasteiger partial charge is 0.325 e. The van der Waals surface area contributed by atoms with E-state index >= 15 is 0 Å². The van der Waals surface area contributed by atoms with Crippen LogP contribution in [0.4, 0.5) is 0 Å². The highest BCUT2D eigenvalue weighted by Crippen LogP contribution is 2.21. The Kier molecular flexibility index (Phi) is 9.66. The topological polar surface area (TPSA) is 78.0 Å². The number of aromatic nitrogens is 1. The normalized spacial score (nSPS) is 10.5. The van der Waals surface area contributed by atoms with Gasteiger partial charge >= 0.3 is 5.97 Å². The Morgan fingerprint density at radius 2 is 1.69 bits per heavy atom. The number of amides is 1. The number of nitrogens with zero attached hydrogens (tertiary/aromatic N) is 2. The lowest BCUT2D eigenvalue weighted by Crippen LogP contribution is -2.36. The fraction of sp³-hybridized carbons (Fsp3) is 0.321. The number of rotatable bonds is 12. The number of ether oxygens (including phenoxy) is 3. The number of esters is 1. The van der Waals surface area contributed by atoms with Gasteiger partial charge in [-0.1, -0.05) is 37.3 Å². The number of methoxy groups -OCH3 is 1. The zero-order valence-electron chi connectivity index (χ0n) is 20.5. The highest BCUT2D eigenvalue weighted by atomic mass is 16.5. The first kappa shape index (κ1) is 25.7. The highest BCUT2D eigenvalue weighted by molar-refractivity contribution is 5.98. The van der Waals surface area contributed by atoms with E-state index in [1.165, 1.54) is 17.6 Å². The zero-order valence-corrected chi connectivity index (χ0v) is 20.5. The van der Waals surface area contributed by atoms with Gasteiger partial charge in [-0.25, -0.2) is 0 Å². The van der Waals surface area contributed by atoms with E-state index in [9.17, 15) is 9.59 Å². The lowest BCUT2D eigenvalue weighted by atomic mass is 10.1. The molecular weight excluding hydrogens is 444 g/mol. The zero-order chi connectivity index (χ0) is 25.0. The summed E-state index contributed by atoms with van der Waals surface area (Å²) in [4.78, 5) is 31.4. The maximum Gasteiger partial charge on any atom is 0.325 e. The lowest BCUT2D eigenvalue weighted by molar-refractivity contribution is -0.143. The van der Waals surface area contributed by atoms with Gasteiger partial charge in [0.25, 0.3) is 5.91 Å². The molecular formula is C28H32N2O5. The molecule has 2 aromatic carbocycles. The molecule has 0 atom stereocenters. The molecule has 0 N–H and O–H groups in total. The number of para-hydroxylation sites is 1. The fourth-order valence-corrected chi connectivity index (χ4v) is 3.55. The van der Waals surface area contributed by atoms with Crippen molar-refractivity contribution in [3.05, 3.63) is 89.2 Å². The Labute approximate surface area is 206 Å². The number of aryl methyl sites for hydroxylation is 1. The van der Waals surface area contributed by atoms with Crippen molar-refractivity contribution in [3.63, 3.8) is 0 Å². The van der Waals surface area contributed by atoms with Gasteiger partial charge in [-0.05, 0) is 54.8 Å². The molecule has 35 heavy (non-hydrogen) atoms. The van der Waals surface area contributed by atoms with E-state index in [4.69, 9.17) is 14.2 Å². The van der Waals surface area contributed by atoms with Crippen molar-refractivity contribution >= 4 is 11.9 Å². The van der Waals surface area contributed by atoms with Crippen LogP contribution >= 0.6 is 0 Å². The Hall–Kier alpha value is -3.87. The summed E-state index contributed by atoms with van der Waals surface area (Å²) in [7, 11) is 1.51. The van der Waals surface area contributed by atoms with Gasteiger partial charge in [0.15, 0.2) is 0 Å². The first-order valence-electron chi connectivity index (χ1n) is 11.8. The van der Waals surface area contributed by atoms with Crippen LogP contribution in [0.3, 0.4) is 0 Å². The first-order chi connectivity index (χ1) is 17.0. The third-order valence-corrected chi connectivity index (χ3v) is 5.47. The van der Waals surface area contributed by atoms with Crippen LogP contribution in [-0.2, 0) is 28.9 Å². The van der Waals surface area contributed by atoms with E-state index in [2.05, 4.69) is 18.0 Å². The molecule has 7 heteroatoms. The van der Waals surface area contributed by atoms with Crippen molar-refractivity contribution in [2.75, 3.05) is 26.9 Å². The largest absolute Gasteiger partial charge is 0.496 e. The molecule has 0 saturated heterocycles. The van der Waals surface area contributed by atoms with Crippen LogP contribution in [0.1, 0.15) is 41.0 Å². The molecule has 3 rings (SSSR count). The fourth-order valence-electron chi connectivity index (χ4n) is 3.55. The Morgan fingerprint density at radius 1 is 0.943 bits per heavy atom. The molecule has 3 aromatic rings. The van der Waals surface area contributed by atoms with Gasteiger partial charge in [-0.3, -0.25) is 14.6 Å². The van der Waals surface area contributed by atoms with Crippen molar-refractivity contribution in [1.29, 1.82) is 0 Å². The van der Waals surface area contributed by atoms with E-state index in [-0.39, 0.29) is 25.6 Å². The molecule has 0 unspecified atom stereocenters. The summed E-state index contributed by atoms with van der Waals surface area (Å²) in [5.41, 5.74) is 3.45. The number of pyridine rings is 1. The molecule has 184 valence electrons. The summed E-state index contributed by atoms with van der Waals surface area (Å²) >= 11 is 0. The van der Waals surface area contributed by atoms with Crippen LogP contribution in [0.15, 0.2) is 66.9 Å². The average Bonchev–Trinajstić information content (AvgIpc) is 2.89. The van der Waals surface area contributed by atoms with Crippen LogP contribution in [-0.4, -0.2) is 48.6 Å². The van der Waals surface area contributed by atoms with Crippen LogP contribution in [0.25, 0.3) is 0 Å². The molecule has 0 aliphatic carbocycles. The van der Waals surface area contributed by atoms with E-state index in [1.54, 1.807) is 31.2 Å². The van der Waals surface area contributed by atoms with Gasteiger partial charge in [-0.2, -0.15) is 0 Å². The highest BCUT2D eigenvalue weighted by Gasteiger charge is 2.22. The molecule has 0 spiro atoms. The van der Waals surface area contributed by atoms with Gasteiger partial charge < -0.3 is 19.1 Å². The van der Waals surface area contributed by atoms with Gasteiger partial charge in [0, 0.05) is 24.9 Å². The van der Waals surface area contributed by atoms with Crippen molar-refractivity contribution < 1.29 is 23.8 Å². The Morgan fingerprint density at radius 3 is 2.34 bits per heavy atom. The average molecular weight is 477 g/mol. The van der Waals surface area contributed by atoms with E-state index in [0.29, 0.717) is 24.3 Å². The van der Waals surface area contributed by atoms with Crippen LogP contribution in [0, 0.1) is 0 Å². The monoisotopic (exact) mass is 476 g/mol. The Balaban J connectivity index is 1.64. The molecule has 0 saturated carbocycles. The second kappa shape index (κ2) is 13.1. The Bertz CT molecular complexity index is 1100. The van der Waals surface area contributed by atoms with Crippen molar-refractivity contribution in [2.45, 2.75) is 33.2 Å². The number of carbonyl (C=O) groups excluding carboxylic acids is 2. The van der Waals surface area contributed by atoms with E-state index < -0.39 is 5.97 Å². The minimum atomic E-state index is -0.462. The van der Waals surface area contributed by atoms with E-state index in [1.807, 2.05) is 36.5 Å². The predicted octanol–water partition coefficient (Wildman–Crippen LogP) is 4.48. The minimum Gasteiger partial charge on any atom is -0.496 e. The summed E-state index contributed by atoms with van der Waals surface area (Å²) in [5, 5.41) is 0. The van der Waals surface area contributed by atoms with Crippen molar-refractivity contribution in [1.82, 2.24) is 9.88 Å². The molecule has 1 aromatic heterocycles. The van der Waals surface area contributed by atoms with Crippen LogP contribution < -0.4 is 9.47 Å². The van der Waals surface area contributed by atoms with Crippen molar-refractivity contribution in [2.24, 2.45) is 0 Å². The maximum absolute atomic E-state index is 13.3. The summed E-state index contributed by atoms with van der Waals surface area (Å²) in [5.74, 6) is 0.412. The van der Waals surface area contributed by atoms with Gasteiger partial charge in [-0.15, -0.1) is 0 Å². The third kappa shape index (κ3) is 7.57. The summed E-state index contributed by atoms with van der Waals surface area (Å²) in [6, 6.07) is 18.6. The number of benzene rings is 2. The number of hydrogen-bond acceptors (Lipinski definition) is 6. The molecule has 1 amide bonds. The molecule has 0 aliphatic heterocycles. The van der Waals surface area contributed by atoms with Crippen molar-refractivity contribution in [3.8, 4) is 11.5 Å². The predicted molar refractivity (Wildman–Crippen MR) is 134 cm³/mol. The van der Waals surface area contributed by atoms with Crippen LogP contribution in [0.5, 0.6) is 11.5 Å². The van der Waals surface area contributed by atoms with Crippen LogP contribution in [0.2, 0.25) is 0 Å². The minimum absolute atomic E-state index is 0.160. The third-order valence-electron chi connectivity index (χ3n) is 5.47. The molecule has 0 radical (unpaired) electrons. The molecule has 7 nitrogen and oxygen atoms in total. The summed E-state index contributed by atoms with van der Waals surface area (Å²) in [6.07, 6.45) is 3.59. The second-order valence-corrected chi connectivity index (χ2v) is 7.92. The molecule has 0 bridgehead atoms. The molecule has 0 fully saturated rings. The SMILES string of the molecule is CCOC(=O)CN(Cc1ccc(OCCc2ccc(CC)cn2)cc1)C(=O)c1ccccc1OC. The molecule has 1 heterocycles. The van der Waals surface area contributed by atoms with E-state index in [0.717, 1.165) is 23.4 Å². The lowest BCUT2D eigenvalue weighted by Gasteiger charge is -2.23.